The lowest BCUT2D eigenvalue weighted by Crippen LogP contribution is -2.67. The van der Waals surface area contributed by atoms with Crippen molar-refractivity contribution >= 4 is 37.9 Å². The van der Waals surface area contributed by atoms with Crippen molar-refractivity contribution in [2.24, 2.45) is 0 Å². The minimum Gasteiger partial charge on any atom is -0.463 e. The van der Waals surface area contributed by atoms with Crippen LogP contribution in [0.5, 0.6) is 0 Å². The molecule has 1 aliphatic heterocycles. The predicted octanol–water partition coefficient (Wildman–Crippen LogP) is 0.524. The Morgan fingerprint density at radius 1 is 0.806 bits per heavy atom. The van der Waals surface area contributed by atoms with Crippen LogP contribution >= 0.6 is 0 Å². The third-order valence-corrected chi connectivity index (χ3v) is 5.38. The third-order valence-electron chi connectivity index (χ3n) is 4.00. The second kappa shape index (κ2) is 11.2. The summed E-state index contributed by atoms with van der Waals surface area (Å²) in [5.74, 6) is -3.13. The fraction of sp³-hybridized carbons (Fsp3) is 0.737. The number of amides is 1. The smallest absolute Gasteiger partial charge is 0.305 e. The molecule has 1 N–H and O–H groups in total. The summed E-state index contributed by atoms with van der Waals surface area (Å²) in [5, 5.41) is 2.69. The number of carbonyl (C=O) groups is 5. The second-order valence-corrected chi connectivity index (χ2v) is 13.9. The van der Waals surface area contributed by atoms with Gasteiger partial charge in [-0.2, -0.15) is 0 Å². The van der Waals surface area contributed by atoms with E-state index in [0.717, 1.165) is 20.8 Å². The SMILES string of the molecule is CC(=O)OC[C@H]1O[C@H](OC(C)=O)[C@H](NC(=O)C[Si](C)(C)C)[C@@H](OC(C)=O)[C@@H]1OC(C)=O. The number of carbonyl (C=O) groups excluding carboxylic acids is 5. The molecule has 31 heavy (non-hydrogen) atoms. The Kier molecular flexibility index (Phi) is 9.62. The van der Waals surface area contributed by atoms with E-state index in [2.05, 4.69) is 5.32 Å². The normalized spacial score (nSPS) is 25.7. The third kappa shape index (κ3) is 9.47. The molecule has 0 aromatic heterocycles. The molecule has 0 radical (unpaired) electrons. The summed E-state index contributed by atoms with van der Waals surface area (Å²) >= 11 is 0. The van der Waals surface area contributed by atoms with Crippen molar-refractivity contribution in [3.05, 3.63) is 0 Å². The highest BCUT2D eigenvalue weighted by Crippen LogP contribution is 2.28. The van der Waals surface area contributed by atoms with Gasteiger partial charge in [-0.25, -0.2) is 0 Å². The lowest BCUT2D eigenvalue weighted by atomic mass is 9.96. The van der Waals surface area contributed by atoms with Crippen molar-refractivity contribution in [1.82, 2.24) is 5.32 Å². The van der Waals surface area contributed by atoms with Crippen molar-refractivity contribution < 1.29 is 47.7 Å². The molecule has 1 aliphatic rings. The minimum absolute atomic E-state index is 0.248. The zero-order valence-corrected chi connectivity index (χ0v) is 19.9. The maximum atomic E-state index is 12.6. The molecule has 5 atom stereocenters. The number of rotatable bonds is 8. The summed E-state index contributed by atoms with van der Waals surface area (Å²) in [6.45, 7) is 10.2. The summed E-state index contributed by atoms with van der Waals surface area (Å²) in [6.07, 6.45) is -4.98. The Bertz CT molecular complexity index is 704. The highest BCUT2D eigenvalue weighted by atomic mass is 28.3. The van der Waals surface area contributed by atoms with Gasteiger partial charge in [-0.1, -0.05) is 19.6 Å². The number of ether oxygens (including phenoxy) is 5. The number of hydrogen-bond donors (Lipinski definition) is 1. The van der Waals surface area contributed by atoms with Crippen molar-refractivity contribution in [2.75, 3.05) is 6.61 Å². The van der Waals surface area contributed by atoms with Crippen LogP contribution in [0, 0.1) is 0 Å². The first-order chi connectivity index (χ1) is 14.2. The van der Waals surface area contributed by atoms with Crippen molar-refractivity contribution in [1.29, 1.82) is 0 Å². The molecule has 0 aromatic carbocycles. The minimum atomic E-state index is -1.81. The molecule has 0 saturated carbocycles. The van der Waals surface area contributed by atoms with Gasteiger partial charge < -0.3 is 29.0 Å². The van der Waals surface area contributed by atoms with Gasteiger partial charge in [0.15, 0.2) is 12.2 Å². The van der Waals surface area contributed by atoms with Crippen molar-refractivity contribution in [2.45, 2.75) is 84.0 Å². The first-order valence-corrected chi connectivity index (χ1v) is 13.5. The molecule has 176 valence electrons. The van der Waals surface area contributed by atoms with Crippen LogP contribution < -0.4 is 5.32 Å². The maximum absolute atomic E-state index is 12.6. The first-order valence-electron chi connectivity index (χ1n) is 9.79. The molecule has 1 fully saturated rings. The van der Waals surface area contributed by atoms with E-state index in [4.69, 9.17) is 23.7 Å². The van der Waals surface area contributed by atoms with E-state index in [0.29, 0.717) is 0 Å². The molecule has 1 rings (SSSR count). The first kappa shape index (κ1) is 26.6. The molecule has 0 bridgehead atoms. The summed E-state index contributed by atoms with van der Waals surface area (Å²) in [6, 6.07) is -0.910. The quantitative estimate of drug-likeness (QED) is 0.309. The van der Waals surface area contributed by atoms with Gasteiger partial charge in [0.25, 0.3) is 0 Å². The fourth-order valence-electron chi connectivity index (χ4n) is 3.04. The van der Waals surface area contributed by atoms with E-state index < -0.39 is 62.6 Å². The van der Waals surface area contributed by atoms with Crippen molar-refractivity contribution in [3.8, 4) is 0 Å². The van der Waals surface area contributed by atoms with Crippen LogP contribution in [-0.2, 0) is 47.7 Å². The Morgan fingerprint density at radius 3 is 1.77 bits per heavy atom. The lowest BCUT2D eigenvalue weighted by Gasteiger charge is -2.44. The summed E-state index contributed by atoms with van der Waals surface area (Å²) < 4.78 is 26.6. The average Bonchev–Trinajstić information content (AvgIpc) is 2.55. The van der Waals surface area contributed by atoms with Crippen LogP contribution in [0.15, 0.2) is 0 Å². The van der Waals surface area contributed by atoms with Gasteiger partial charge in [-0.3, -0.25) is 24.0 Å². The number of nitrogens with one attached hydrogen (secondary N) is 1. The van der Waals surface area contributed by atoms with Gasteiger partial charge in [0, 0.05) is 33.7 Å². The zero-order valence-electron chi connectivity index (χ0n) is 18.9. The molecule has 1 heterocycles. The molecule has 0 aromatic rings. The highest BCUT2D eigenvalue weighted by molar-refractivity contribution is 6.78. The maximum Gasteiger partial charge on any atom is 0.305 e. The predicted molar refractivity (Wildman–Crippen MR) is 108 cm³/mol. The van der Waals surface area contributed by atoms with Gasteiger partial charge >= 0.3 is 23.9 Å². The van der Waals surface area contributed by atoms with Crippen LogP contribution in [0.4, 0.5) is 0 Å². The van der Waals surface area contributed by atoms with Crippen LogP contribution in [-0.4, -0.2) is 75.1 Å². The molecule has 0 aliphatic carbocycles. The van der Waals surface area contributed by atoms with Crippen LogP contribution in [0.1, 0.15) is 27.7 Å². The van der Waals surface area contributed by atoms with E-state index in [1.165, 1.54) is 6.92 Å². The molecule has 12 heteroatoms. The van der Waals surface area contributed by atoms with E-state index in [-0.39, 0.29) is 18.6 Å². The largest absolute Gasteiger partial charge is 0.463 e. The zero-order chi connectivity index (χ0) is 23.9. The van der Waals surface area contributed by atoms with E-state index >= 15 is 0 Å². The average molecular weight is 462 g/mol. The Morgan fingerprint density at radius 2 is 1.32 bits per heavy atom. The number of hydrogen-bond acceptors (Lipinski definition) is 10. The van der Waals surface area contributed by atoms with Gasteiger partial charge in [0.2, 0.25) is 12.2 Å². The van der Waals surface area contributed by atoms with Gasteiger partial charge in [-0.05, 0) is 0 Å². The molecule has 0 unspecified atom stereocenters. The van der Waals surface area contributed by atoms with Crippen molar-refractivity contribution in [3.63, 3.8) is 0 Å². The summed E-state index contributed by atoms with van der Waals surface area (Å²) in [4.78, 5) is 59.1. The fourth-order valence-corrected chi connectivity index (χ4v) is 4.10. The van der Waals surface area contributed by atoms with E-state index in [1.807, 2.05) is 19.6 Å². The standard InChI is InChI=1S/C19H31NO10Si/c1-10(21)26-8-14-17(27-11(2)22)18(28-12(3)23)16(19(30-14)29-13(4)24)20-15(25)9-31(5,6)7/h14,16-19H,8-9H2,1-7H3,(H,20,25)/t14-,16-,17-,18-,19+/m1/s1. The Labute approximate surface area is 182 Å². The summed E-state index contributed by atoms with van der Waals surface area (Å²) in [7, 11) is -1.81. The van der Waals surface area contributed by atoms with Gasteiger partial charge in [-0.15, -0.1) is 0 Å². The molecule has 0 spiro atoms. The molecular formula is C19H31NO10Si. The van der Waals surface area contributed by atoms with Crippen LogP contribution in [0.25, 0.3) is 0 Å². The molecular weight excluding hydrogens is 430 g/mol. The topological polar surface area (TPSA) is 144 Å². The Hall–Kier alpha value is -2.47. The van der Waals surface area contributed by atoms with Gasteiger partial charge in [0.1, 0.15) is 18.8 Å². The van der Waals surface area contributed by atoms with Gasteiger partial charge in [0.05, 0.1) is 8.07 Å². The second-order valence-electron chi connectivity index (χ2n) is 8.43. The lowest BCUT2D eigenvalue weighted by molar-refractivity contribution is -0.270. The summed E-state index contributed by atoms with van der Waals surface area (Å²) in [5.41, 5.74) is 0. The number of esters is 4. The molecule has 11 nitrogen and oxygen atoms in total. The van der Waals surface area contributed by atoms with E-state index in [9.17, 15) is 24.0 Å². The van der Waals surface area contributed by atoms with Crippen LogP contribution in [0.2, 0.25) is 25.7 Å². The van der Waals surface area contributed by atoms with E-state index in [1.54, 1.807) is 0 Å². The molecule has 1 amide bonds. The highest BCUT2D eigenvalue weighted by Gasteiger charge is 2.52. The monoisotopic (exact) mass is 461 g/mol. The molecule has 1 saturated heterocycles. The van der Waals surface area contributed by atoms with Crippen LogP contribution in [0.3, 0.4) is 0 Å². The Balaban J connectivity index is 3.34.